The Kier molecular flexibility index (Phi) is 5.42. The van der Waals surface area contributed by atoms with Crippen molar-refractivity contribution in [2.24, 2.45) is 0 Å². The molecule has 0 bridgehead atoms. The maximum atomic E-state index is 11.9. The minimum absolute atomic E-state index is 0.0114. The average Bonchev–Trinajstić information content (AvgIpc) is 3.35. The summed E-state index contributed by atoms with van der Waals surface area (Å²) >= 11 is 8.25. The minimum atomic E-state index is -0.482. The van der Waals surface area contributed by atoms with Crippen LogP contribution in [0.4, 0.5) is 0 Å². The van der Waals surface area contributed by atoms with E-state index in [0.717, 1.165) is 17.3 Å². The Labute approximate surface area is 171 Å². The third kappa shape index (κ3) is 4.24. The Bertz CT molecular complexity index is 1190. The van der Waals surface area contributed by atoms with E-state index >= 15 is 0 Å². The molecule has 0 aliphatic rings. The van der Waals surface area contributed by atoms with Crippen LogP contribution < -0.4 is 5.56 Å². The zero-order chi connectivity index (χ0) is 19.5. The Morgan fingerprint density at radius 2 is 2.11 bits per heavy atom. The lowest BCUT2D eigenvalue weighted by atomic mass is 10.2. The first-order valence-electron chi connectivity index (χ1n) is 7.92. The molecule has 0 aliphatic carbocycles. The number of halogens is 1. The third-order valence-corrected chi connectivity index (χ3v) is 5.35. The van der Waals surface area contributed by atoms with Crippen molar-refractivity contribution < 1.29 is 13.9 Å². The molecule has 28 heavy (non-hydrogen) atoms. The maximum Gasteiger partial charge on any atom is 0.316 e. The van der Waals surface area contributed by atoms with Crippen LogP contribution in [-0.4, -0.2) is 31.3 Å². The van der Waals surface area contributed by atoms with Crippen LogP contribution in [0.2, 0.25) is 5.02 Å². The number of hydrogen-bond acceptors (Lipinski definition) is 9. The predicted molar refractivity (Wildman–Crippen MR) is 105 cm³/mol. The van der Waals surface area contributed by atoms with Gasteiger partial charge in [-0.25, -0.2) is 4.98 Å². The molecule has 0 spiro atoms. The van der Waals surface area contributed by atoms with Gasteiger partial charge in [-0.2, -0.15) is 0 Å². The summed E-state index contributed by atoms with van der Waals surface area (Å²) in [5.74, 6) is -0.159. The van der Waals surface area contributed by atoms with Crippen LogP contribution >= 0.6 is 34.7 Å². The van der Waals surface area contributed by atoms with E-state index in [-0.39, 0.29) is 23.1 Å². The largest absolute Gasteiger partial charge is 0.459 e. The summed E-state index contributed by atoms with van der Waals surface area (Å²) in [6.07, 6.45) is 1.64. The van der Waals surface area contributed by atoms with Gasteiger partial charge in [-0.15, -0.1) is 21.5 Å². The fraction of sp³-hybridized carbons (Fsp3) is 0.118. The monoisotopic (exact) mass is 434 g/mol. The van der Waals surface area contributed by atoms with E-state index in [1.807, 2.05) is 0 Å². The third-order valence-electron chi connectivity index (χ3n) is 3.55. The molecule has 4 aromatic rings. The molecule has 0 aliphatic heterocycles. The number of aromatic nitrogens is 4. The SMILES string of the molecule is O=C(CSc1nnc(-c2ccc(Cl)cc2)o1)OCc1cc(=O)n2ccsc2n1. The van der Waals surface area contributed by atoms with Crippen molar-refractivity contribution in [2.75, 3.05) is 5.75 Å². The fourth-order valence-electron chi connectivity index (χ4n) is 2.26. The van der Waals surface area contributed by atoms with E-state index in [2.05, 4.69) is 15.2 Å². The highest BCUT2D eigenvalue weighted by molar-refractivity contribution is 7.99. The highest BCUT2D eigenvalue weighted by Crippen LogP contribution is 2.24. The number of hydrogen-bond donors (Lipinski definition) is 0. The molecule has 1 aromatic carbocycles. The van der Waals surface area contributed by atoms with Gasteiger partial charge >= 0.3 is 5.97 Å². The van der Waals surface area contributed by atoms with Crippen LogP contribution in [-0.2, 0) is 16.1 Å². The van der Waals surface area contributed by atoms with Gasteiger partial charge in [-0.3, -0.25) is 14.0 Å². The average molecular weight is 435 g/mol. The normalized spacial score (nSPS) is 11.0. The van der Waals surface area contributed by atoms with Gasteiger partial charge in [0.1, 0.15) is 12.4 Å². The number of carbonyl (C=O) groups is 1. The first kappa shape index (κ1) is 18.7. The second-order valence-corrected chi connectivity index (χ2v) is 7.71. The van der Waals surface area contributed by atoms with Crippen molar-refractivity contribution in [3.05, 3.63) is 63.0 Å². The highest BCUT2D eigenvalue weighted by Gasteiger charge is 2.13. The van der Waals surface area contributed by atoms with E-state index in [1.165, 1.54) is 21.8 Å². The predicted octanol–water partition coefficient (Wildman–Crippen LogP) is 3.29. The molecule has 0 fully saturated rings. The molecule has 0 atom stereocenters. The van der Waals surface area contributed by atoms with Crippen LogP contribution in [0.1, 0.15) is 5.69 Å². The van der Waals surface area contributed by atoms with Gasteiger partial charge in [-0.05, 0) is 24.3 Å². The summed E-state index contributed by atoms with van der Waals surface area (Å²) in [6, 6.07) is 8.31. The molecule has 3 heterocycles. The molecular formula is C17H11ClN4O4S2. The molecule has 3 aromatic heterocycles. The van der Waals surface area contributed by atoms with E-state index < -0.39 is 5.97 Å². The summed E-state index contributed by atoms with van der Waals surface area (Å²) < 4.78 is 12.1. The van der Waals surface area contributed by atoms with Crippen molar-refractivity contribution in [3.63, 3.8) is 0 Å². The topological polar surface area (TPSA) is 99.6 Å². The van der Waals surface area contributed by atoms with Gasteiger partial charge in [0.05, 0.1) is 5.69 Å². The highest BCUT2D eigenvalue weighted by atomic mass is 35.5. The maximum absolute atomic E-state index is 11.9. The zero-order valence-corrected chi connectivity index (χ0v) is 16.5. The molecule has 0 unspecified atom stereocenters. The van der Waals surface area contributed by atoms with Crippen LogP contribution in [0.3, 0.4) is 0 Å². The Hall–Kier alpha value is -2.69. The Morgan fingerprint density at radius 1 is 1.29 bits per heavy atom. The second-order valence-electron chi connectivity index (χ2n) is 5.47. The van der Waals surface area contributed by atoms with E-state index in [4.69, 9.17) is 20.8 Å². The number of thioether (sulfide) groups is 1. The molecule has 0 N–H and O–H groups in total. The van der Waals surface area contributed by atoms with Gasteiger partial charge in [0.25, 0.3) is 10.8 Å². The number of rotatable bonds is 6. The summed E-state index contributed by atoms with van der Waals surface area (Å²) in [7, 11) is 0. The van der Waals surface area contributed by atoms with Gasteiger partial charge < -0.3 is 9.15 Å². The van der Waals surface area contributed by atoms with Crippen molar-refractivity contribution >= 4 is 45.6 Å². The number of carbonyl (C=O) groups excluding carboxylic acids is 1. The first-order valence-corrected chi connectivity index (χ1v) is 10.2. The smallest absolute Gasteiger partial charge is 0.316 e. The fourth-order valence-corrected chi connectivity index (χ4v) is 3.68. The van der Waals surface area contributed by atoms with E-state index in [0.29, 0.717) is 21.6 Å². The van der Waals surface area contributed by atoms with Crippen molar-refractivity contribution in [3.8, 4) is 11.5 Å². The van der Waals surface area contributed by atoms with Gasteiger partial charge in [0, 0.05) is 28.2 Å². The molecular weight excluding hydrogens is 424 g/mol. The molecule has 8 nitrogen and oxygen atoms in total. The molecule has 4 rings (SSSR count). The lowest BCUT2D eigenvalue weighted by Crippen LogP contribution is -2.15. The second kappa shape index (κ2) is 8.13. The van der Waals surface area contributed by atoms with Crippen LogP contribution in [0.5, 0.6) is 0 Å². The molecule has 0 saturated carbocycles. The van der Waals surface area contributed by atoms with E-state index in [9.17, 15) is 9.59 Å². The number of nitrogens with zero attached hydrogens (tertiary/aromatic N) is 4. The van der Waals surface area contributed by atoms with Crippen LogP contribution in [0, 0.1) is 0 Å². The summed E-state index contributed by atoms with van der Waals surface area (Å²) in [5, 5.41) is 10.5. The Balaban J connectivity index is 1.32. The van der Waals surface area contributed by atoms with Crippen molar-refractivity contribution in [1.82, 2.24) is 19.6 Å². The minimum Gasteiger partial charge on any atom is -0.459 e. The number of fused-ring (bicyclic) bond motifs is 1. The lowest BCUT2D eigenvalue weighted by Gasteiger charge is -2.03. The van der Waals surface area contributed by atoms with Gasteiger partial charge in [0.15, 0.2) is 4.96 Å². The summed E-state index contributed by atoms with van der Waals surface area (Å²) in [4.78, 5) is 28.7. The molecule has 0 amide bonds. The lowest BCUT2D eigenvalue weighted by molar-refractivity contribution is -0.141. The quantitative estimate of drug-likeness (QED) is 0.336. The molecule has 0 saturated heterocycles. The van der Waals surface area contributed by atoms with Gasteiger partial charge in [-0.1, -0.05) is 23.4 Å². The number of ether oxygens (including phenoxy) is 1. The molecule has 11 heteroatoms. The number of thiazole rings is 1. The van der Waals surface area contributed by atoms with Gasteiger partial charge in [0.2, 0.25) is 5.89 Å². The van der Waals surface area contributed by atoms with Crippen molar-refractivity contribution in [2.45, 2.75) is 11.8 Å². The number of esters is 1. The summed E-state index contributed by atoms with van der Waals surface area (Å²) in [5.41, 5.74) is 0.911. The molecule has 0 radical (unpaired) electrons. The van der Waals surface area contributed by atoms with Crippen molar-refractivity contribution in [1.29, 1.82) is 0 Å². The Morgan fingerprint density at radius 3 is 2.93 bits per heavy atom. The standard InChI is InChI=1S/C17H11ClN4O4S2/c18-11-3-1-10(2-4-11)15-20-21-17(26-15)28-9-14(24)25-8-12-7-13(23)22-5-6-27-16(22)19-12/h1-7H,8-9H2. The summed E-state index contributed by atoms with van der Waals surface area (Å²) in [6.45, 7) is -0.0805. The zero-order valence-electron chi connectivity index (χ0n) is 14.1. The van der Waals surface area contributed by atoms with Crippen LogP contribution in [0.25, 0.3) is 16.4 Å². The van der Waals surface area contributed by atoms with Crippen LogP contribution in [0.15, 0.2) is 56.3 Å². The first-order chi connectivity index (χ1) is 13.6. The molecule has 142 valence electrons. The van der Waals surface area contributed by atoms with E-state index in [1.54, 1.807) is 35.8 Å². The number of benzene rings is 1.